The van der Waals surface area contributed by atoms with Gasteiger partial charge in [0, 0.05) is 22.9 Å². The number of hydrogen-bond acceptors (Lipinski definition) is 3. The molecule has 1 atom stereocenters. The lowest BCUT2D eigenvalue weighted by Crippen LogP contribution is -2.08. The molecule has 0 spiro atoms. The minimum absolute atomic E-state index is 0.366. The SMILES string of the molecule is Nc1cccc(Cl)c1SCC1CCCO1. The Balaban J connectivity index is 1.97. The molecule has 2 rings (SSSR count). The quantitative estimate of drug-likeness (QED) is 0.654. The van der Waals surface area contributed by atoms with E-state index in [9.17, 15) is 0 Å². The van der Waals surface area contributed by atoms with Crippen LogP contribution in [-0.4, -0.2) is 18.5 Å². The van der Waals surface area contributed by atoms with Crippen molar-refractivity contribution in [1.29, 1.82) is 0 Å². The molecule has 0 aliphatic carbocycles. The van der Waals surface area contributed by atoms with Crippen LogP contribution in [0.25, 0.3) is 0 Å². The summed E-state index contributed by atoms with van der Waals surface area (Å²) in [6.45, 7) is 0.892. The van der Waals surface area contributed by atoms with Crippen molar-refractivity contribution < 1.29 is 4.74 Å². The third-order valence-electron chi connectivity index (χ3n) is 2.43. The van der Waals surface area contributed by atoms with E-state index in [1.54, 1.807) is 11.8 Å². The highest BCUT2D eigenvalue weighted by Crippen LogP contribution is 2.34. The fourth-order valence-corrected chi connectivity index (χ4v) is 3.03. The molecule has 0 amide bonds. The molecule has 1 aromatic carbocycles. The van der Waals surface area contributed by atoms with Gasteiger partial charge < -0.3 is 10.5 Å². The van der Waals surface area contributed by atoms with E-state index in [0.717, 1.165) is 34.4 Å². The van der Waals surface area contributed by atoms with Gasteiger partial charge in [0.25, 0.3) is 0 Å². The van der Waals surface area contributed by atoms with Crippen LogP contribution in [0.4, 0.5) is 5.69 Å². The molecular weight excluding hydrogens is 230 g/mol. The minimum atomic E-state index is 0.366. The van der Waals surface area contributed by atoms with Crippen LogP contribution in [0.5, 0.6) is 0 Å². The van der Waals surface area contributed by atoms with E-state index >= 15 is 0 Å². The van der Waals surface area contributed by atoms with E-state index in [2.05, 4.69) is 0 Å². The molecule has 82 valence electrons. The van der Waals surface area contributed by atoms with Gasteiger partial charge in [-0.2, -0.15) is 0 Å². The first-order valence-corrected chi connectivity index (χ1v) is 6.42. The summed E-state index contributed by atoms with van der Waals surface area (Å²) in [4.78, 5) is 0.981. The Morgan fingerprint density at radius 2 is 2.40 bits per heavy atom. The van der Waals surface area contributed by atoms with Gasteiger partial charge in [0.2, 0.25) is 0 Å². The second kappa shape index (κ2) is 5.10. The lowest BCUT2D eigenvalue weighted by Gasteiger charge is -2.11. The van der Waals surface area contributed by atoms with Crippen LogP contribution in [0.2, 0.25) is 5.02 Å². The Hall–Kier alpha value is -0.380. The average Bonchev–Trinajstić information content (AvgIpc) is 2.70. The van der Waals surface area contributed by atoms with Crippen LogP contribution in [0.1, 0.15) is 12.8 Å². The number of ether oxygens (including phenoxy) is 1. The Kier molecular flexibility index (Phi) is 3.78. The molecule has 0 saturated carbocycles. The van der Waals surface area contributed by atoms with Gasteiger partial charge >= 0.3 is 0 Å². The van der Waals surface area contributed by atoms with E-state index in [1.165, 1.54) is 6.42 Å². The third-order valence-corrected chi connectivity index (χ3v) is 4.14. The van der Waals surface area contributed by atoms with Crippen molar-refractivity contribution >= 4 is 29.1 Å². The first-order valence-electron chi connectivity index (χ1n) is 5.06. The van der Waals surface area contributed by atoms with E-state index in [4.69, 9.17) is 22.1 Å². The molecule has 1 aliphatic rings. The van der Waals surface area contributed by atoms with Crippen molar-refractivity contribution in [3.05, 3.63) is 23.2 Å². The van der Waals surface area contributed by atoms with Gasteiger partial charge in [-0.25, -0.2) is 0 Å². The highest BCUT2D eigenvalue weighted by molar-refractivity contribution is 7.99. The Bertz CT molecular complexity index is 319. The minimum Gasteiger partial charge on any atom is -0.398 e. The number of nitrogens with two attached hydrogens (primary N) is 1. The van der Waals surface area contributed by atoms with Gasteiger partial charge in [0.05, 0.1) is 11.1 Å². The van der Waals surface area contributed by atoms with Crippen molar-refractivity contribution in [1.82, 2.24) is 0 Å². The molecule has 1 saturated heterocycles. The average molecular weight is 244 g/mol. The van der Waals surface area contributed by atoms with Crippen LogP contribution in [0.3, 0.4) is 0 Å². The van der Waals surface area contributed by atoms with Gasteiger partial charge in [-0.3, -0.25) is 0 Å². The monoisotopic (exact) mass is 243 g/mol. The topological polar surface area (TPSA) is 35.2 Å². The Morgan fingerprint density at radius 1 is 1.53 bits per heavy atom. The second-order valence-corrected chi connectivity index (χ2v) is 5.04. The van der Waals surface area contributed by atoms with Crippen LogP contribution in [0.15, 0.2) is 23.1 Å². The van der Waals surface area contributed by atoms with E-state index in [0.29, 0.717) is 6.10 Å². The molecule has 0 radical (unpaired) electrons. The molecule has 1 aromatic rings. The molecule has 15 heavy (non-hydrogen) atoms. The van der Waals surface area contributed by atoms with Gasteiger partial charge in [-0.15, -0.1) is 11.8 Å². The molecule has 1 aliphatic heterocycles. The zero-order valence-corrected chi connectivity index (χ0v) is 9.98. The maximum absolute atomic E-state index is 6.07. The van der Waals surface area contributed by atoms with Crippen LogP contribution >= 0.6 is 23.4 Å². The molecule has 2 nitrogen and oxygen atoms in total. The second-order valence-electron chi connectivity index (χ2n) is 3.60. The Morgan fingerprint density at radius 3 is 3.07 bits per heavy atom. The summed E-state index contributed by atoms with van der Waals surface area (Å²) in [5, 5.41) is 0.734. The smallest absolute Gasteiger partial charge is 0.0669 e. The van der Waals surface area contributed by atoms with E-state index in [1.807, 2.05) is 18.2 Å². The van der Waals surface area contributed by atoms with Gasteiger partial charge in [-0.1, -0.05) is 17.7 Å². The number of anilines is 1. The number of thioether (sulfide) groups is 1. The molecule has 2 N–H and O–H groups in total. The maximum Gasteiger partial charge on any atom is 0.0669 e. The van der Waals surface area contributed by atoms with Crippen molar-refractivity contribution in [3.8, 4) is 0 Å². The van der Waals surface area contributed by atoms with E-state index in [-0.39, 0.29) is 0 Å². The fourth-order valence-electron chi connectivity index (χ4n) is 1.63. The number of halogens is 1. The molecule has 0 aromatic heterocycles. The van der Waals surface area contributed by atoms with Crippen LogP contribution < -0.4 is 5.73 Å². The van der Waals surface area contributed by atoms with Gasteiger partial charge in [0.1, 0.15) is 0 Å². The molecule has 1 unspecified atom stereocenters. The van der Waals surface area contributed by atoms with Crippen molar-refractivity contribution in [2.45, 2.75) is 23.8 Å². The summed E-state index contributed by atoms with van der Waals surface area (Å²) >= 11 is 7.76. The fraction of sp³-hybridized carbons (Fsp3) is 0.455. The molecule has 4 heteroatoms. The highest BCUT2D eigenvalue weighted by atomic mass is 35.5. The standard InChI is InChI=1S/C11H14ClNOS/c12-9-4-1-5-10(13)11(9)15-7-8-3-2-6-14-8/h1,4-5,8H,2-3,6-7,13H2. The Labute approximate surface area is 99.1 Å². The highest BCUT2D eigenvalue weighted by Gasteiger charge is 2.16. The first kappa shape index (κ1) is 11.1. The van der Waals surface area contributed by atoms with Crippen molar-refractivity contribution in [2.24, 2.45) is 0 Å². The largest absolute Gasteiger partial charge is 0.398 e. The van der Waals surface area contributed by atoms with E-state index < -0.39 is 0 Å². The summed E-state index contributed by atoms with van der Waals surface area (Å²) in [6.07, 6.45) is 2.69. The summed E-state index contributed by atoms with van der Waals surface area (Å²) in [6, 6.07) is 5.62. The van der Waals surface area contributed by atoms with Gasteiger partial charge in [0.15, 0.2) is 0 Å². The summed E-state index contributed by atoms with van der Waals surface area (Å²) in [5.41, 5.74) is 6.62. The maximum atomic E-state index is 6.07. The predicted molar refractivity (Wildman–Crippen MR) is 65.6 cm³/mol. The lowest BCUT2D eigenvalue weighted by atomic mass is 10.3. The predicted octanol–water partition coefficient (Wildman–Crippen LogP) is 3.19. The summed E-state index contributed by atoms with van der Waals surface area (Å²) < 4.78 is 5.55. The zero-order chi connectivity index (χ0) is 10.7. The number of hydrogen-bond donors (Lipinski definition) is 1. The summed E-state index contributed by atoms with van der Waals surface area (Å²) in [7, 11) is 0. The zero-order valence-electron chi connectivity index (χ0n) is 8.41. The van der Waals surface area contributed by atoms with Crippen LogP contribution in [0, 0.1) is 0 Å². The summed E-state index contributed by atoms with van der Waals surface area (Å²) in [5.74, 6) is 0.938. The molecule has 1 fully saturated rings. The first-order chi connectivity index (χ1) is 7.27. The molecule has 0 bridgehead atoms. The van der Waals surface area contributed by atoms with Crippen molar-refractivity contribution in [2.75, 3.05) is 18.1 Å². The molecule has 1 heterocycles. The molecular formula is C11H14ClNOS. The normalized spacial score (nSPS) is 20.7. The number of nitrogen functional groups attached to an aromatic ring is 1. The third kappa shape index (κ3) is 2.80. The lowest BCUT2D eigenvalue weighted by molar-refractivity contribution is 0.129. The number of benzene rings is 1. The van der Waals surface area contributed by atoms with Gasteiger partial charge in [-0.05, 0) is 25.0 Å². The number of rotatable bonds is 3. The van der Waals surface area contributed by atoms with Crippen LogP contribution in [-0.2, 0) is 4.74 Å². The van der Waals surface area contributed by atoms with Crippen molar-refractivity contribution in [3.63, 3.8) is 0 Å².